The van der Waals surface area contributed by atoms with E-state index in [2.05, 4.69) is 15.5 Å². The third-order valence-electron chi connectivity index (χ3n) is 2.64. The van der Waals surface area contributed by atoms with Crippen LogP contribution in [0.25, 0.3) is 0 Å². The summed E-state index contributed by atoms with van der Waals surface area (Å²) in [5, 5.41) is 10.7. The molecule has 14 heavy (non-hydrogen) atoms. The zero-order chi connectivity index (χ0) is 9.80. The number of nitrogens with zero attached hydrogens (tertiary/aromatic N) is 2. The molecule has 2 aliphatic heterocycles. The molecule has 5 heteroatoms. The highest BCUT2D eigenvalue weighted by molar-refractivity contribution is 5.79. The lowest BCUT2D eigenvalue weighted by Gasteiger charge is -2.24. The van der Waals surface area contributed by atoms with Crippen molar-refractivity contribution in [1.29, 1.82) is 0 Å². The number of carbonyl (C=O) groups is 1. The standard InChI is InChI=1S/C9H15N3O2/c13-9(7-5-10-11-6-7)12-8-1-3-14-4-2-8/h7-8H,1-6H2,(H,12,13). The SMILES string of the molecule is O=C(NC1CCOCC1)C1CN=NC1. The largest absolute Gasteiger partial charge is 0.381 e. The molecule has 2 aliphatic rings. The minimum absolute atomic E-state index is 0.0298. The van der Waals surface area contributed by atoms with E-state index in [-0.39, 0.29) is 17.9 Å². The molecule has 0 spiro atoms. The number of carbonyl (C=O) groups excluding carboxylic acids is 1. The third kappa shape index (κ3) is 2.29. The summed E-state index contributed by atoms with van der Waals surface area (Å²) < 4.78 is 5.22. The highest BCUT2D eigenvalue weighted by Gasteiger charge is 2.24. The van der Waals surface area contributed by atoms with Crippen LogP contribution in [0.5, 0.6) is 0 Å². The van der Waals surface area contributed by atoms with Crippen LogP contribution >= 0.6 is 0 Å². The Morgan fingerprint density at radius 1 is 1.21 bits per heavy atom. The van der Waals surface area contributed by atoms with E-state index in [0.29, 0.717) is 13.1 Å². The van der Waals surface area contributed by atoms with Gasteiger partial charge in [-0.2, -0.15) is 10.2 Å². The highest BCUT2D eigenvalue weighted by Crippen LogP contribution is 2.10. The number of nitrogens with one attached hydrogen (secondary N) is 1. The van der Waals surface area contributed by atoms with Gasteiger partial charge in [0.1, 0.15) is 0 Å². The molecule has 0 saturated carbocycles. The summed E-state index contributed by atoms with van der Waals surface area (Å²) in [6.45, 7) is 2.61. The van der Waals surface area contributed by atoms with E-state index in [1.165, 1.54) is 0 Å². The Kier molecular flexibility index (Phi) is 3.08. The Morgan fingerprint density at radius 3 is 2.50 bits per heavy atom. The van der Waals surface area contributed by atoms with E-state index in [0.717, 1.165) is 26.1 Å². The second-order valence-electron chi connectivity index (χ2n) is 3.74. The van der Waals surface area contributed by atoms with E-state index >= 15 is 0 Å². The number of rotatable bonds is 2. The number of ether oxygens (including phenoxy) is 1. The second-order valence-corrected chi connectivity index (χ2v) is 3.74. The number of hydrogen-bond donors (Lipinski definition) is 1. The average molecular weight is 197 g/mol. The van der Waals surface area contributed by atoms with Crippen molar-refractivity contribution in [3.05, 3.63) is 0 Å². The Balaban J connectivity index is 1.75. The Bertz CT molecular complexity index is 228. The van der Waals surface area contributed by atoms with Gasteiger partial charge in [0.05, 0.1) is 19.0 Å². The maximum absolute atomic E-state index is 11.6. The van der Waals surface area contributed by atoms with Gasteiger partial charge in [0, 0.05) is 19.3 Å². The molecule has 0 atom stereocenters. The molecule has 0 aliphatic carbocycles. The van der Waals surface area contributed by atoms with Gasteiger partial charge in [-0.3, -0.25) is 4.79 Å². The van der Waals surface area contributed by atoms with E-state index in [1.54, 1.807) is 0 Å². The first-order valence-electron chi connectivity index (χ1n) is 5.07. The van der Waals surface area contributed by atoms with Gasteiger partial charge < -0.3 is 10.1 Å². The molecule has 1 N–H and O–H groups in total. The van der Waals surface area contributed by atoms with Crippen molar-refractivity contribution in [2.24, 2.45) is 16.1 Å². The number of azo groups is 1. The van der Waals surface area contributed by atoms with Gasteiger partial charge in [-0.1, -0.05) is 0 Å². The first-order chi connectivity index (χ1) is 6.86. The van der Waals surface area contributed by atoms with E-state index in [1.807, 2.05) is 0 Å². The van der Waals surface area contributed by atoms with E-state index in [4.69, 9.17) is 4.74 Å². The van der Waals surface area contributed by atoms with Crippen molar-refractivity contribution in [2.45, 2.75) is 18.9 Å². The molecule has 0 aromatic rings. The maximum Gasteiger partial charge on any atom is 0.227 e. The topological polar surface area (TPSA) is 63.0 Å². The lowest BCUT2D eigenvalue weighted by molar-refractivity contribution is -0.125. The first kappa shape index (κ1) is 9.58. The average Bonchev–Trinajstić information content (AvgIpc) is 2.72. The molecular formula is C9H15N3O2. The summed E-state index contributed by atoms with van der Waals surface area (Å²) in [6, 6.07) is 0.289. The van der Waals surface area contributed by atoms with Crippen molar-refractivity contribution in [1.82, 2.24) is 5.32 Å². The fourth-order valence-corrected chi connectivity index (χ4v) is 1.70. The predicted molar refractivity (Wildman–Crippen MR) is 50.1 cm³/mol. The maximum atomic E-state index is 11.6. The van der Waals surface area contributed by atoms with Crippen molar-refractivity contribution in [3.8, 4) is 0 Å². The van der Waals surface area contributed by atoms with Gasteiger partial charge in [-0.25, -0.2) is 0 Å². The molecule has 78 valence electrons. The first-order valence-corrected chi connectivity index (χ1v) is 5.07. The predicted octanol–water partition coefficient (Wildman–Crippen LogP) is 0.364. The summed E-state index contributed by atoms with van der Waals surface area (Å²) in [6.07, 6.45) is 1.85. The zero-order valence-corrected chi connectivity index (χ0v) is 8.11. The normalized spacial score (nSPS) is 24.0. The molecule has 1 fully saturated rings. The van der Waals surface area contributed by atoms with Gasteiger partial charge in [0.25, 0.3) is 0 Å². The molecule has 2 heterocycles. The quantitative estimate of drug-likeness (QED) is 0.694. The molecule has 0 radical (unpaired) electrons. The summed E-state index contributed by atoms with van der Waals surface area (Å²) >= 11 is 0. The number of hydrogen-bond acceptors (Lipinski definition) is 4. The van der Waals surface area contributed by atoms with Crippen molar-refractivity contribution < 1.29 is 9.53 Å². The van der Waals surface area contributed by atoms with Gasteiger partial charge in [-0.05, 0) is 12.8 Å². The number of amides is 1. The smallest absolute Gasteiger partial charge is 0.227 e. The van der Waals surface area contributed by atoms with Crippen LogP contribution in [0.3, 0.4) is 0 Å². The monoisotopic (exact) mass is 197 g/mol. The van der Waals surface area contributed by atoms with Crippen LogP contribution in [0.15, 0.2) is 10.2 Å². The van der Waals surface area contributed by atoms with E-state index in [9.17, 15) is 4.79 Å². The molecule has 0 aromatic carbocycles. The minimum Gasteiger partial charge on any atom is -0.381 e. The Morgan fingerprint density at radius 2 is 1.86 bits per heavy atom. The summed E-state index contributed by atoms with van der Waals surface area (Å²) in [5.74, 6) is 0.0692. The minimum atomic E-state index is -0.0298. The van der Waals surface area contributed by atoms with Crippen molar-refractivity contribution in [2.75, 3.05) is 26.3 Å². The molecule has 0 unspecified atom stereocenters. The van der Waals surface area contributed by atoms with Gasteiger partial charge in [0.15, 0.2) is 0 Å². The molecule has 5 nitrogen and oxygen atoms in total. The van der Waals surface area contributed by atoms with Gasteiger partial charge >= 0.3 is 0 Å². The van der Waals surface area contributed by atoms with Crippen LogP contribution in [0.4, 0.5) is 0 Å². The molecule has 0 aromatic heterocycles. The summed E-state index contributed by atoms with van der Waals surface area (Å²) in [5.41, 5.74) is 0. The lowest BCUT2D eigenvalue weighted by atomic mass is 10.1. The Labute approximate surface area is 82.9 Å². The van der Waals surface area contributed by atoms with Crippen molar-refractivity contribution >= 4 is 5.91 Å². The third-order valence-corrected chi connectivity index (χ3v) is 2.64. The van der Waals surface area contributed by atoms with Crippen LogP contribution < -0.4 is 5.32 Å². The fraction of sp³-hybridized carbons (Fsp3) is 0.889. The van der Waals surface area contributed by atoms with Crippen LogP contribution in [0, 0.1) is 5.92 Å². The van der Waals surface area contributed by atoms with Crippen LogP contribution in [-0.2, 0) is 9.53 Å². The highest BCUT2D eigenvalue weighted by atomic mass is 16.5. The van der Waals surface area contributed by atoms with Crippen LogP contribution in [0.1, 0.15) is 12.8 Å². The molecule has 0 bridgehead atoms. The fourth-order valence-electron chi connectivity index (χ4n) is 1.70. The van der Waals surface area contributed by atoms with Gasteiger partial charge in [0.2, 0.25) is 5.91 Å². The molecule has 1 amide bonds. The second kappa shape index (κ2) is 4.50. The zero-order valence-electron chi connectivity index (χ0n) is 8.11. The van der Waals surface area contributed by atoms with E-state index < -0.39 is 0 Å². The molecular weight excluding hydrogens is 182 g/mol. The van der Waals surface area contributed by atoms with Crippen LogP contribution in [-0.4, -0.2) is 38.3 Å². The molecule has 1 saturated heterocycles. The summed E-state index contributed by atoms with van der Waals surface area (Å²) in [4.78, 5) is 11.6. The molecule has 2 rings (SSSR count). The van der Waals surface area contributed by atoms with Crippen LogP contribution in [0.2, 0.25) is 0 Å². The van der Waals surface area contributed by atoms with Crippen molar-refractivity contribution in [3.63, 3.8) is 0 Å². The van der Waals surface area contributed by atoms with Gasteiger partial charge in [-0.15, -0.1) is 0 Å². The Hall–Kier alpha value is -0.970. The summed E-state index contributed by atoms with van der Waals surface area (Å²) in [7, 11) is 0. The lowest BCUT2D eigenvalue weighted by Crippen LogP contribution is -2.42.